The Morgan fingerprint density at radius 2 is 2.06 bits per heavy atom. The lowest BCUT2D eigenvalue weighted by Gasteiger charge is -2.35. The summed E-state index contributed by atoms with van der Waals surface area (Å²) in [7, 11) is 0. The van der Waals surface area contributed by atoms with Crippen LogP contribution in [-0.4, -0.2) is 10.6 Å². The molecule has 0 heterocycles. The first kappa shape index (κ1) is 15.2. The molecule has 1 aliphatic rings. The molecule has 94 valence electrons. The molecule has 2 rings (SSSR count). The Hall–Kier alpha value is 0.1000. The molecule has 0 radical (unpaired) electrons. The molecule has 1 fully saturated rings. The third-order valence-electron chi connectivity index (χ3n) is 3.11. The van der Waals surface area contributed by atoms with Crippen molar-refractivity contribution in [3.63, 3.8) is 0 Å². The average molecular weight is 384 g/mol. The van der Waals surface area contributed by atoms with Crippen LogP contribution in [-0.2, 0) is 10.3 Å². The van der Waals surface area contributed by atoms with Crippen LogP contribution in [0.1, 0.15) is 24.8 Å². The number of benzene rings is 1. The Bertz CT molecular complexity index is 427. The van der Waals surface area contributed by atoms with Crippen molar-refractivity contribution in [2.75, 3.05) is 0 Å². The Labute approximate surface area is 125 Å². The zero-order valence-electron chi connectivity index (χ0n) is 9.16. The largest absolute Gasteiger partial charge is 0.315 e. The van der Waals surface area contributed by atoms with Gasteiger partial charge in [-0.2, -0.15) is 0 Å². The van der Waals surface area contributed by atoms with E-state index in [1.165, 1.54) is 0 Å². The lowest BCUT2D eigenvalue weighted by Crippen LogP contribution is -2.51. The molecule has 1 aliphatic carbocycles. The van der Waals surface area contributed by atoms with Gasteiger partial charge in [0.05, 0.1) is 4.83 Å². The maximum Gasteiger partial charge on any atom is 0.170 e. The lowest BCUT2D eigenvalue weighted by molar-refractivity contribution is -0.125. The van der Waals surface area contributed by atoms with Crippen LogP contribution in [0, 0.1) is 0 Å². The molecule has 0 spiro atoms. The standard InChI is InChI=1S/C12H13BrClNO.BrH/c13-9-5-3-7-12(15,11(9)16)8-4-1-2-6-10(8)14;/h1-2,4,6,9H,3,5,7,15H2;1H. The second kappa shape index (κ2) is 5.83. The second-order valence-electron chi connectivity index (χ2n) is 4.18. The summed E-state index contributed by atoms with van der Waals surface area (Å²) in [6.07, 6.45) is 2.45. The van der Waals surface area contributed by atoms with Crippen LogP contribution in [0.5, 0.6) is 0 Å². The Morgan fingerprint density at radius 1 is 1.41 bits per heavy atom. The van der Waals surface area contributed by atoms with Gasteiger partial charge in [0.25, 0.3) is 0 Å². The highest BCUT2D eigenvalue weighted by Gasteiger charge is 2.42. The van der Waals surface area contributed by atoms with Crippen LogP contribution in [0.15, 0.2) is 24.3 Å². The molecule has 0 amide bonds. The summed E-state index contributed by atoms with van der Waals surface area (Å²) >= 11 is 9.49. The SMILES string of the molecule is Br.NC1(c2ccccc2Cl)CCCC(Br)C1=O. The van der Waals surface area contributed by atoms with Crippen molar-refractivity contribution < 1.29 is 4.79 Å². The smallest absolute Gasteiger partial charge is 0.170 e. The van der Waals surface area contributed by atoms with Gasteiger partial charge >= 0.3 is 0 Å². The summed E-state index contributed by atoms with van der Waals surface area (Å²) in [5.74, 6) is 0.0341. The number of Topliss-reactive ketones (excluding diaryl/α,β-unsaturated/α-hetero) is 1. The van der Waals surface area contributed by atoms with Gasteiger partial charge in [-0.1, -0.05) is 45.7 Å². The first-order chi connectivity index (χ1) is 7.55. The first-order valence-corrected chi connectivity index (χ1v) is 6.57. The van der Waals surface area contributed by atoms with E-state index >= 15 is 0 Å². The van der Waals surface area contributed by atoms with Crippen LogP contribution in [0.3, 0.4) is 0 Å². The number of hydrogen-bond donors (Lipinski definition) is 1. The van der Waals surface area contributed by atoms with Gasteiger partial charge in [0.1, 0.15) is 5.54 Å². The molecule has 0 bridgehead atoms. The summed E-state index contributed by atoms with van der Waals surface area (Å²) in [5, 5.41) is 0.569. The molecule has 0 aromatic heterocycles. The summed E-state index contributed by atoms with van der Waals surface area (Å²) in [5.41, 5.74) is 6.07. The molecule has 1 aromatic carbocycles. The molecule has 1 saturated carbocycles. The molecule has 0 aliphatic heterocycles. The summed E-state index contributed by atoms with van der Waals surface area (Å²) in [4.78, 5) is 12.0. The van der Waals surface area contributed by atoms with Crippen LogP contribution in [0.4, 0.5) is 0 Å². The number of alkyl halides is 1. The van der Waals surface area contributed by atoms with Crippen LogP contribution >= 0.6 is 44.5 Å². The number of hydrogen-bond acceptors (Lipinski definition) is 2. The monoisotopic (exact) mass is 381 g/mol. The number of carbonyl (C=O) groups is 1. The Balaban J connectivity index is 0.00000144. The van der Waals surface area contributed by atoms with Gasteiger partial charge in [-0.25, -0.2) is 0 Å². The van der Waals surface area contributed by atoms with Crippen LogP contribution in [0.2, 0.25) is 5.02 Å². The number of carbonyl (C=O) groups excluding carboxylic acids is 1. The van der Waals surface area contributed by atoms with Crippen molar-refractivity contribution in [3.05, 3.63) is 34.9 Å². The van der Waals surface area contributed by atoms with E-state index in [1.54, 1.807) is 6.07 Å². The van der Waals surface area contributed by atoms with Gasteiger partial charge < -0.3 is 5.73 Å². The van der Waals surface area contributed by atoms with Crippen molar-refractivity contribution in [2.24, 2.45) is 5.73 Å². The lowest BCUT2D eigenvalue weighted by atomic mass is 9.76. The molecule has 2 unspecified atom stereocenters. The van der Waals surface area contributed by atoms with E-state index in [0.29, 0.717) is 11.4 Å². The van der Waals surface area contributed by atoms with Gasteiger partial charge in [0, 0.05) is 5.02 Å². The van der Waals surface area contributed by atoms with E-state index in [0.717, 1.165) is 18.4 Å². The van der Waals surface area contributed by atoms with Gasteiger partial charge in [-0.15, -0.1) is 17.0 Å². The average Bonchev–Trinajstić information content (AvgIpc) is 2.26. The first-order valence-electron chi connectivity index (χ1n) is 5.28. The molecule has 1 aromatic rings. The summed E-state index contributed by atoms with van der Waals surface area (Å²) < 4.78 is 0. The fourth-order valence-corrected chi connectivity index (χ4v) is 3.22. The van der Waals surface area contributed by atoms with E-state index in [9.17, 15) is 4.79 Å². The number of rotatable bonds is 1. The maximum atomic E-state index is 12.2. The molecule has 2 atom stereocenters. The molecular formula is C12H14Br2ClNO. The van der Waals surface area contributed by atoms with Gasteiger partial charge in [0.2, 0.25) is 0 Å². The summed E-state index contributed by atoms with van der Waals surface area (Å²) in [6, 6.07) is 7.32. The van der Waals surface area contributed by atoms with Crippen molar-refractivity contribution in [1.29, 1.82) is 0 Å². The van der Waals surface area contributed by atoms with Crippen LogP contribution in [0.25, 0.3) is 0 Å². The van der Waals surface area contributed by atoms with Gasteiger partial charge in [-0.05, 0) is 30.9 Å². The quantitative estimate of drug-likeness (QED) is 0.753. The molecule has 17 heavy (non-hydrogen) atoms. The Kier molecular flexibility index (Phi) is 5.20. The molecule has 5 heteroatoms. The molecular weight excluding hydrogens is 369 g/mol. The minimum Gasteiger partial charge on any atom is -0.315 e. The molecule has 2 N–H and O–H groups in total. The zero-order valence-corrected chi connectivity index (χ0v) is 13.2. The van der Waals surface area contributed by atoms with Crippen LogP contribution < -0.4 is 5.73 Å². The van der Waals surface area contributed by atoms with E-state index in [-0.39, 0.29) is 27.6 Å². The molecule has 2 nitrogen and oxygen atoms in total. The van der Waals surface area contributed by atoms with E-state index in [4.69, 9.17) is 17.3 Å². The maximum absolute atomic E-state index is 12.2. The minimum absolute atomic E-state index is 0. The van der Waals surface area contributed by atoms with E-state index in [2.05, 4.69) is 15.9 Å². The van der Waals surface area contributed by atoms with E-state index in [1.807, 2.05) is 18.2 Å². The highest BCUT2D eigenvalue weighted by atomic mass is 79.9. The topological polar surface area (TPSA) is 43.1 Å². The molecule has 0 saturated heterocycles. The fraction of sp³-hybridized carbons (Fsp3) is 0.417. The summed E-state index contributed by atoms with van der Waals surface area (Å²) in [6.45, 7) is 0. The van der Waals surface area contributed by atoms with Crippen molar-refractivity contribution in [3.8, 4) is 0 Å². The normalized spacial score (nSPS) is 28.6. The number of ketones is 1. The highest BCUT2D eigenvalue weighted by Crippen LogP contribution is 2.37. The van der Waals surface area contributed by atoms with Crippen molar-refractivity contribution in [1.82, 2.24) is 0 Å². The minimum atomic E-state index is -0.926. The number of halogens is 3. The third-order valence-corrected chi connectivity index (χ3v) is 4.31. The highest BCUT2D eigenvalue weighted by molar-refractivity contribution is 9.10. The van der Waals surface area contributed by atoms with Gasteiger partial charge in [0.15, 0.2) is 5.78 Å². The second-order valence-corrected chi connectivity index (χ2v) is 5.69. The number of nitrogens with two attached hydrogens (primary N) is 1. The predicted molar refractivity (Wildman–Crippen MR) is 79.2 cm³/mol. The van der Waals surface area contributed by atoms with Gasteiger partial charge in [-0.3, -0.25) is 4.79 Å². The Morgan fingerprint density at radius 3 is 2.71 bits per heavy atom. The zero-order chi connectivity index (χ0) is 11.8. The van der Waals surface area contributed by atoms with E-state index < -0.39 is 5.54 Å². The predicted octanol–water partition coefficient (Wildman–Crippen LogP) is 3.59. The fourth-order valence-electron chi connectivity index (χ4n) is 2.18. The third kappa shape index (κ3) is 2.75. The van der Waals surface area contributed by atoms with Crippen molar-refractivity contribution >= 4 is 50.3 Å². The van der Waals surface area contributed by atoms with Crippen molar-refractivity contribution in [2.45, 2.75) is 29.6 Å².